The summed E-state index contributed by atoms with van der Waals surface area (Å²) in [6.45, 7) is 3.51. The fraction of sp³-hybridized carbons (Fsp3) is 0.111. The number of halogens is 3. The van der Waals surface area contributed by atoms with Crippen molar-refractivity contribution >= 4 is 24.0 Å². The van der Waals surface area contributed by atoms with E-state index < -0.39 is 0 Å². The van der Waals surface area contributed by atoms with E-state index in [0.717, 1.165) is 0 Å². The van der Waals surface area contributed by atoms with Gasteiger partial charge in [-0.1, -0.05) is 17.7 Å². The Morgan fingerprint density at radius 2 is 2.08 bits per heavy atom. The van der Waals surface area contributed by atoms with E-state index in [1.54, 1.807) is 6.07 Å². The SMILES string of the molecule is C=C[C@H](N)c1cc(F)cc(Cl)c1.Cl. The van der Waals surface area contributed by atoms with Crippen LogP contribution in [0.25, 0.3) is 0 Å². The summed E-state index contributed by atoms with van der Waals surface area (Å²) in [7, 11) is 0. The molecule has 1 atom stereocenters. The molecule has 0 fully saturated rings. The molecule has 0 heterocycles. The van der Waals surface area contributed by atoms with Crippen molar-refractivity contribution in [3.8, 4) is 0 Å². The lowest BCUT2D eigenvalue weighted by Crippen LogP contribution is -2.06. The third-order valence-electron chi connectivity index (χ3n) is 1.52. The average molecular weight is 222 g/mol. The van der Waals surface area contributed by atoms with Crippen LogP contribution < -0.4 is 5.73 Å². The largest absolute Gasteiger partial charge is 0.321 e. The zero-order chi connectivity index (χ0) is 9.14. The molecule has 4 heteroatoms. The van der Waals surface area contributed by atoms with Gasteiger partial charge in [0.15, 0.2) is 0 Å². The summed E-state index contributed by atoms with van der Waals surface area (Å²) in [6, 6.07) is 3.84. The van der Waals surface area contributed by atoms with Gasteiger partial charge in [0, 0.05) is 11.1 Å². The van der Waals surface area contributed by atoms with Gasteiger partial charge < -0.3 is 5.73 Å². The van der Waals surface area contributed by atoms with Crippen LogP contribution in [0.2, 0.25) is 5.02 Å². The molecule has 0 saturated heterocycles. The quantitative estimate of drug-likeness (QED) is 0.764. The molecule has 0 radical (unpaired) electrons. The molecule has 0 aliphatic rings. The Kier molecular flexibility index (Phi) is 4.99. The minimum Gasteiger partial charge on any atom is -0.321 e. The average Bonchev–Trinajstić information content (AvgIpc) is 2.01. The van der Waals surface area contributed by atoms with Gasteiger partial charge in [-0.25, -0.2) is 4.39 Å². The molecule has 1 aromatic carbocycles. The van der Waals surface area contributed by atoms with Gasteiger partial charge in [-0.3, -0.25) is 0 Å². The van der Waals surface area contributed by atoms with Crippen molar-refractivity contribution in [2.24, 2.45) is 5.73 Å². The Bertz CT molecular complexity index is 281. The van der Waals surface area contributed by atoms with Crippen LogP contribution >= 0.6 is 24.0 Å². The van der Waals surface area contributed by atoms with Crippen LogP contribution in [0.5, 0.6) is 0 Å². The van der Waals surface area contributed by atoms with Gasteiger partial charge in [0.2, 0.25) is 0 Å². The van der Waals surface area contributed by atoms with Crippen molar-refractivity contribution in [2.75, 3.05) is 0 Å². The predicted molar refractivity (Wildman–Crippen MR) is 55.8 cm³/mol. The van der Waals surface area contributed by atoms with Crippen molar-refractivity contribution in [1.82, 2.24) is 0 Å². The summed E-state index contributed by atoms with van der Waals surface area (Å²) >= 11 is 5.62. The molecule has 0 saturated carbocycles. The standard InChI is InChI=1S/C9H9ClFN.ClH/c1-2-9(12)6-3-7(10)5-8(11)4-6;/h2-5,9H,1,12H2;1H/t9-;/m0./s1. The van der Waals surface area contributed by atoms with E-state index in [-0.39, 0.29) is 24.3 Å². The molecule has 0 amide bonds. The highest BCUT2D eigenvalue weighted by Crippen LogP contribution is 2.18. The number of benzene rings is 1. The Labute approximate surface area is 87.8 Å². The highest BCUT2D eigenvalue weighted by atomic mass is 35.5. The number of hydrogen-bond acceptors (Lipinski definition) is 1. The van der Waals surface area contributed by atoms with Gasteiger partial charge >= 0.3 is 0 Å². The molecule has 1 rings (SSSR count). The second kappa shape index (κ2) is 5.22. The van der Waals surface area contributed by atoms with Gasteiger partial charge in [0.1, 0.15) is 5.82 Å². The first kappa shape index (κ1) is 12.4. The summed E-state index contributed by atoms with van der Waals surface area (Å²) in [5.74, 6) is -0.380. The molecular formula is C9H10Cl2FN. The van der Waals surface area contributed by atoms with E-state index in [1.165, 1.54) is 18.2 Å². The van der Waals surface area contributed by atoms with Crippen molar-refractivity contribution in [1.29, 1.82) is 0 Å². The lowest BCUT2D eigenvalue weighted by atomic mass is 10.1. The maximum absolute atomic E-state index is 12.8. The van der Waals surface area contributed by atoms with E-state index in [0.29, 0.717) is 10.6 Å². The maximum Gasteiger partial charge on any atom is 0.125 e. The second-order valence-electron chi connectivity index (χ2n) is 2.46. The molecule has 2 N–H and O–H groups in total. The molecule has 0 unspecified atom stereocenters. The van der Waals surface area contributed by atoms with E-state index >= 15 is 0 Å². The molecule has 1 nitrogen and oxygen atoms in total. The Balaban J connectivity index is 0.00000144. The molecule has 13 heavy (non-hydrogen) atoms. The van der Waals surface area contributed by atoms with Crippen LogP contribution in [0.3, 0.4) is 0 Å². The van der Waals surface area contributed by atoms with Crippen LogP contribution in [0.15, 0.2) is 30.9 Å². The van der Waals surface area contributed by atoms with Crippen LogP contribution in [0, 0.1) is 5.82 Å². The summed E-state index contributed by atoms with van der Waals surface area (Å²) in [6.07, 6.45) is 1.53. The lowest BCUT2D eigenvalue weighted by molar-refractivity contribution is 0.624. The summed E-state index contributed by atoms with van der Waals surface area (Å²) in [5.41, 5.74) is 6.22. The normalized spacial score (nSPS) is 11.6. The maximum atomic E-state index is 12.8. The lowest BCUT2D eigenvalue weighted by Gasteiger charge is -2.06. The summed E-state index contributed by atoms with van der Waals surface area (Å²) in [4.78, 5) is 0. The Hall–Kier alpha value is -0.570. The zero-order valence-corrected chi connectivity index (χ0v) is 8.41. The van der Waals surface area contributed by atoms with Crippen molar-refractivity contribution in [3.63, 3.8) is 0 Å². The van der Waals surface area contributed by atoms with Crippen LogP contribution in [-0.4, -0.2) is 0 Å². The Morgan fingerprint density at radius 3 is 2.54 bits per heavy atom. The predicted octanol–water partition coefficient (Wildman–Crippen LogP) is 3.09. The fourth-order valence-electron chi connectivity index (χ4n) is 0.904. The molecule has 0 aliphatic carbocycles. The highest BCUT2D eigenvalue weighted by Gasteiger charge is 2.03. The summed E-state index contributed by atoms with van der Waals surface area (Å²) < 4.78 is 12.8. The van der Waals surface area contributed by atoms with Crippen LogP contribution in [0.4, 0.5) is 4.39 Å². The molecule has 0 spiro atoms. The van der Waals surface area contributed by atoms with E-state index in [4.69, 9.17) is 17.3 Å². The third kappa shape index (κ3) is 3.35. The zero-order valence-electron chi connectivity index (χ0n) is 6.84. The van der Waals surface area contributed by atoms with Crippen LogP contribution in [-0.2, 0) is 0 Å². The smallest absolute Gasteiger partial charge is 0.125 e. The molecular weight excluding hydrogens is 212 g/mol. The fourth-order valence-corrected chi connectivity index (χ4v) is 1.13. The number of nitrogens with two attached hydrogens (primary N) is 1. The number of hydrogen-bond donors (Lipinski definition) is 1. The number of rotatable bonds is 2. The van der Waals surface area contributed by atoms with Gasteiger partial charge in [-0.15, -0.1) is 19.0 Å². The van der Waals surface area contributed by atoms with E-state index in [1.807, 2.05) is 0 Å². The Morgan fingerprint density at radius 1 is 1.46 bits per heavy atom. The monoisotopic (exact) mass is 221 g/mol. The molecule has 0 bridgehead atoms. The topological polar surface area (TPSA) is 26.0 Å². The van der Waals surface area contributed by atoms with E-state index in [9.17, 15) is 4.39 Å². The first-order chi connectivity index (χ1) is 5.63. The van der Waals surface area contributed by atoms with Gasteiger partial charge in [0.05, 0.1) is 0 Å². The van der Waals surface area contributed by atoms with E-state index in [2.05, 4.69) is 6.58 Å². The van der Waals surface area contributed by atoms with Crippen LogP contribution in [0.1, 0.15) is 11.6 Å². The third-order valence-corrected chi connectivity index (χ3v) is 1.74. The molecule has 1 aromatic rings. The molecule has 72 valence electrons. The van der Waals surface area contributed by atoms with Crippen molar-refractivity contribution in [2.45, 2.75) is 6.04 Å². The highest BCUT2D eigenvalue weighted by molar-refractivity contribution is 6.30. The van der Waals surface area contributed by atoms with Gasteiger partial charge in [0.25, 0.3) is 0 Å². The summed E-state index contributed by atoms with van der Waals surface area (Å²) in [5, 5.41) is 0.349. The molecule has 0 aliphatic heterocycles. The van der Waals surface area contributed by atoms with Gasteiger partial charge in [-0.05, 0) is 23.8 Å². The first-order valence-electron chi connectivity index (χ1n) is 3.47. The van der Waals surface area contributed by atoms with Gasteiger partial charge in [-0.2, -0.15) is 0 Å². The molecule has 0 aromatic heterocycles. The minimum atomic E-state index is -0.380. The second-order valence-corrected chi connectivity index (χ2v) is 2.90. The van der Waals surface area contributed by atoms with Crippen molar-refractivity contribution < 1.29 is 4.39 Å². The van der Waals surface area contributed by atoms with Crippen molar-refractivity contribution in [3.05, 3.63) is 47.3 Å². The minimum absolute atomic E-state index is 0. The first-order valence-corrected chi connectivity index (χ1v) is 3.85.